The Bertz CT molecular complexity index is 2500. The molecule has 8 aromatic carbocycles. The number of anilines is 3. The van der Waals surface area contributed by atoms with Gasteiger partial charge in [0, 0.05) is 22.2 Å². The summed E-state index contributed by atoms with van der Waals surface area (Å²) in [4.78, 5) is 2.49. The summed E-state index contributed by atoms with van der Waals surface area (Å²) < 4.78 is 0. The molecule has 0 saturated carbocycles. The number of benzene rings is 8. The summed E-state index contributed by atoms with van der Waals surface area (Å²) in [5, 5.41) is 2.52. The fraction of sp³-hybridized carbons (Fsp3) is 0.0612. The molecule has 238 valence electrons. The van der Waals surface area contributed by atoms with E-state index >= 15 is 0 Å². The Kier molecular flexibility index (Phi) is 7.21. The van der Waals surface area contributed by atoms with Crippen molar-refractivity contribution in [3.8, 4) is 44.5 Å². The summed E-state index contributed by atoms with van der Waals surface area (Å²) in [6.45, 7) is 4.71. The van der Waals surface area contributed by atoms with Crippen molar-refractivity contribution < 1.29 is 0 Å². The van der Waals surface area contributed by atoms with Gasteiger partial charge in [-0.25, -0.2) is 0 Å². The molecular weight excluding hydrogens is 603 g/mol. The average Bonchev–Trinajstić information content (AvgIpc) is 3.42. The minimum atomic E-state index is -0.106. The highest BCUT2D eigenvalue weighted by Crippen LogP contribution is 2.55. The zero-order valence-electron chi connectivity index (χ0n) is 28.3. The molecule has 0 unspecified atom stereocenters. The van der Waals surface area contributed by atoms with E-state index in [1.54, 1.807) is 0 Å². The van der Waals surface area contributed by atoms with Crippen LogP contribution in [0, 0.1) is 0 Å². The maximum atomic E-state index is 2.49. The van der Waals surface area contributed by atoms with Crippen LogP contribution in [0.3, 0.4) is 0 Å². The van der Waals surface area contributed by atoms with Crippen LogP contribution < -0.4 is 4.90 Å². The molecule has 0 fully saturated rings. The normalized spacial score (nSPS) is 12.8. The lowest BCUT2D eigenvalue weighted by atomic mass is 9.82. The molecule has 8 aromatic rings. The van der Waals surface area contributed by atoms with Crippen LogP contribution in [0.25, 0.3) is 55.3 Å². The molecule has 9 rings (SSSR count). The van der Waals surface area contributed by atoms with Crippen molar-refractivity contribution in [2.75, 3.05) is 4.90 Å². The van der Waals surface area contributed by atoms with Crippen molar-refractivity contribution in [1.29, 1.82) is 0 Å². The van der Waals surface area contributed by atoms with Gasteiger partial charge in [0.25, 0.3) is 0 Å². The predicted octanol–water partition coefficient (Wildman–Crippen LogP) is 13.6. The summed E-state index contributed by atoms with van der Waals surface area (Å²) in [7, 11) is 0. The van der Waals surface area contributed by atoms with Crippen molar-refractivity contribution in [3.63, 3.8) is 0 Å². The highest BCUT2D eigenvalue weighted by molar-refractivity contribution is 6.00. The average molecular weight is 640 g/mol. The van der Waals surface area contributed by atoms with Gasteiger partial charge in [-0.2, -0.15) is 0 Å². The van der Waals surface area contributed by atoms with Crippen molar-refractivity contribution in [1.82, 2.24) is 0 Å². The van der Waals surface area contributed by atoms with Crippen molar-refractivity contribution in [3.05, 3.63) is 199 Å². The van der Waals surface area contributed by atoms with Crippen LogP contribution in [-0.4, -0.2) is 0 Å². The van der Waals surface area contributed by atoms with Crippen LogP contribution in [0.5, 0.6) is 0 Å². The lowest BCUT2D eigenvalue weighted by Crippen LogP contribution is -2.16. The van der Waals surface area contributed by atoms with E-state index in [0.717, 1.165) is 11.4 Å². The van der Waals surface area contributed by atoms with Crippen LogP contribution in [0.4, 0.5) is 17.1 Å². The van der Waals surface area contributed by atoms with Gasteiger partial charge >= 0.3 is 0 Å². The molecule has 0 aliphatic heterocycles. The first-order valence-electron chi connectivity index (χ1n) is 17.5. The summed E-state index contributed by atoms with van der Waals surface area (Å²) in [6, 6.07) is 68.6. The van der Waals surface area contributed by atoms with Crippen LogP contribution in [-0.2, 0) is 5.41 Å². The van der Waals surface area contributed by atoms with Gasteiger partial charge in [-0.05, 0) is 79.5 Å². The number of hydrogen-bond donors (Lipinski definition) is 0. The molecule has 1 aliphatic rings. The SMILES string of the molecule is CC1(C)c2ccccc2-c2c(N(c3ccc(-c4cccc5ccccc45)cc3)c3ccccc3-c3ccccc3-c3ccccc3)cccc21. The number of hydrogen-bond acceptors (Lipinski definition) is 1. The number of para-hydroxylation sites is 1. The molecule has 1 heteroatoms. The van der Waals surface area contributed by atoms with E-state index in [4.69, 9.17) is 0 Å². The van der Waals surface area contributed by atoms with Crippen molar-refractivity contribution >= 4 is 27.8 Å². The molecular formula is C49H37N. The van der Waals surface area contributed by atoms with Gasteiger partial charge in [-0.3, -0.25) is 0 Å². The molecule has 1 nitrogen and oxygen atoms in total. The fourth-order valence-corrected chi connectivity index (χ4v) is 8.08. The van der Waals surface area contributed by atoms with E-state index in [1.165, 1.54) is 72.1 Å². The highest BCUT2D eigenvalue weighted by Gasteiger charge is 2.38. The third-order valence-electron chi connectivity index (χ3n) is 10.5. The topological polar surface area (TPSA) is 3.24 Å². The molecule has 0 saturated heterocycles. The largest absolute Gasteiger partial charge is 0.309 e. The Labute approximate surface area is 294 Å². The van der Waals surface area contributed by atoms with Crippen molar-refractivity contribution in [2.24, 2.45) is 0 Å². The summed E-state index contributed by atoms with van der Waals surface area (Å²) in [5.74, 6) is 0. The van der Waals surface area contributed by atoms with Gasteiger partial charge in [-0.15, -0.1) is 0 Å². The number of nitrogens with zero attached hydrogens (tertiary/aromatic N) is 1. The Hall–Kier alpha value is -6.18. The lowest BCUT2D eigenvalue weighted by molar-refractivity contribution is 0.660. The summed E-state index contributed by atoms with van der Waals surface area (Å²) in [5.41, 5.74) is 16.0. The van der Waals surface area contributed by atoms with E-state index in [0.29, 0.717) is 0 Å². The van der Waals surface area contributed by atoms with E-state index in [9.17, 15) is 0 Å². The minimum absolute atomic E-state index is 0.106. The lowest BCUT2D eigenvalue weighted by Gasteiger charge is -2.31. The monoisotopic (exact) mass is 639 g/mol. The van der Waals surface area contributed by atoms with Crippen molar-refractivity contribution in [2.45, 2.75) is 19.3 Å². The molecule has 0 aromatic heterocycles. The van der Waals surface area contributed by atoms with Crippen LogP contribution in [0.2, 0.25) is 0 Å². The maximum Gasteiger partial charge on any atom is 0.0543 e. The van der Waals surface area contributed by atoms with Gasteiger partial charge in [0.2, 0.25) is 0 Å². The number of fused-ring (bicyclic) bond motifs is 4. The Balaban J connectivity index is 1.28. The summed E-state index contributed by atoms with van der Waals surface area (Å²) in [6.07, 6.45) is 0. The highest BCUT2D eigenvalue weighted by atomic mass is 15.1. The van der Waals surface area contributed by atoms with Crippen LogP contribution >= 0.6 is 0 Å². The molecule has 0 amide bonds. The predicted molar refractivity (Wildman–Crippen MR) is 213 cm³/mol. The van der Waals surface area contributed by atoms with Gasteiger partial charge in [0.1, 0.15) is 0 Å². The quantitative estimate of drug-likeness (QED) is 0.175. The molecule has 0 spiro atoms. The second-order valence-electron chi connectivity index (χ2n) is 13.7. The maximum absolute atomic E-state index is 2.49. The van der Waals surface area contributed by atoms with Crippen LogP contribution in [0.15, 0.2) is 188 Å². The molecule has 1 aliphatic carbocycles. The second kappa shape index (κ2) is 12.1. The first-order chi connectivity index (χ1) is 24.6. The first kappa shape index (κ1) is 29.9. The van der Waals surface area contributed by atoms with Gasteiger partial charge in [0.05, 0.1) is 11.4 Å². The Morgan fingerprint density at radius 1 is 0.360 bits per heavy atom. The number of rotatable bonds is 6. The molecule has 0 radical (unpaired) electrons. The second-order valence-corrected chi connectivity index (χ2v) is 13.7. The Morgan fingerprint density at radius 2 is 0.900 bits per heavy atom. The molecule has 0 bridgehead atoms. The van der Waals surface area contributed by atoms with E-state index in [-0.39, 0.29) is 5.41 Å². The Morgan fingerprint density at radius 3 is 1.72 bits per heavy atom. The molecule has 0 atom stereocenters. The van der Waals surface area contributed by atoms with Gasteiger partial charge < -0.3 is 4.90 Å². The minimum Gasteiger partial charge on any atom is -0.309 e. The third-order valence-corrected chi connectivity index (χ3v) is 10.5. The molecule has 0 N–H and O–H groups in total. The smallest absolute Gasteiger partial charge is 0.0543 e. The molecule has 50 heavy (non-hydrogen) atoms. The van der Waals surface area contributed by atoms with Crippen LogP contribution in [0.1, 0.15) is 25.0 Å². The van der Waals surface area contributed by atoms with E-state index < -0.39 is 0 Å². The molecule has 0 heterocycles. The van der Waals surface area contributed by atoms with Gasteiger partial charge in [0.15, 0.2) is 0 Å². The van der Waals surface area contributed by atoms with E-state index in [1.807, 2.05) is 0 Å². The summed E-state index contributed by atoms with van der Waals surface area (Å²) >= 11 is 0. The zero-order valence-corrected chi connectivity index (χ0v) is 28.3. The standard InChI is InChI=1S/C49H37N/c1-49(2)44-26-12-10-24-43(44)48-45(49)27-15-29-47(48)50(37-32-30-36(31-33-37)39-25-14-19-35-18-6-7-20-38(35)39)46-28-13-11-23-42(46)41-22-9-8-21-40(41)34-16-4-3-5-17-34/h3-33H,1-2H3. The van der Waals surface area contributed by atoms with Gasteiger partial charge in [-0.1, -0.05) is 178 Å². The fourth-order valence-electron chi connectivity index (χ4n) is 8.08. The first-order valence-corrected chi connectivity index (χ1v) is 17.5. The third kappa shape index (κ3) is 4.85. The van der Waals surface area contributed by atoms with E-state index in [2.05, 4.69) is 207 Å². The zero-order chi connectivity index (χ0) is 33.7.